The first-order valence-corrected chi connectivity index (χ1v) is 10.4. The Morgan fingerprint density at radius 1 is 0.933 bits per heavy atom. The van der Waals surface area contributed by atoms with Crippen molar-refractivity contribution in [3.8, 4) is 11.5 Å². The first-order chi connectivity index (χ1) is 14.7. The molecule has 2 saturated carbocycles. The summed E-state index contributed by atoms with van der Waals surface area (Å²) in [6.45, 7) is 0. The summed E-state index contributed by atoms with van der Waals surface area (Å²) in [5.74, 6) is 1.16. The Hall–Kier alpha value is -3.34. The molecule has 3 aromatic rings. The number of esters is 1. The zero-order chi connectivity index (χ0) is 20.2. The molecule has 2 aliphatic carbocycles. The second-order valence-electron chi connectivity index (χ2n) is 8.55. The number of nitrogens with one attached hydrogen (secondary N) is 1. The van der Waals surface area contributed by atoms with E-state index in [1.54, 1.807) is 0 Å². The number of hydrogen-bond acceptors (Lipinski definition) is 4. The van der Waals surface area contributed by atoms with Gasteiger partial charge in [-0.15, -0.1) is 0 Å². The third-order valence-electron chi connectivity index (χ3n) is 6.86. The Bertz CT molecular complexity index is 1150. The number of anilines is 1. The normalized spacial score (nSPS) is 28.5. The van der Waals surface area contributed by atoms with Crippen molar-refractivity contribution in [1.82, 2.24) is 0 Å². The third kappa shape index (κ3) is 2.76. The molecular formula is C25H21NO4. The number of amides is 1. The van der Waals surface area contributed by atoms with Crippen LogP contribution in [-0.4, -0.2) is 18.0 Å². The predicted octanol–water partition coefficient (Wildman–Crippen LogP) is 4.77. The fourth-order valence-electron chi connectivity index (χ4n) is 5.56. The lowest BCUT2D eigenvalue weighted by Gasteiger charge is -2.23. The zero-order valence-corrected chi connectivity index (χ0v) is 16.3. The Balaban J connectivity index is 1.15. The monoisotopic (exact) mass is 399 g/mol. The molecule has 3 aromatic carbocycles. The van der Waals surface area contributed by atoms with Gasteiger partial charge in [-0.25, -0.2) is 0 Å². The lowest BCUT2D eigenvalue weighted by Crippen LogP contribution is -2.35. The Morgan fingerprint density at radius 2 is 1.70 bits per heavy atom. The van der Waals surface area contributed by atoms with Crippen LogP contribution >= 0.6 is 0 Å². The summed E-state index contributed by atoms with van der Waals surface area (Å²) in [7, 11) is 0. The van der Waals surface area contributed by atoms with Crippen LogP contribution in [-0.2, 0) is 14.3 Å². The van der Waals surface area contributed by atoms with E-state index in [0.29, 0.717) is 11.4 Å². The fourth-order valence-corrected chi connectivity index (χ4v) is 5.56. The van der Waals surface area contributed by atoms with Gasteiger partial charge in [0.05, 0.1) is 11.8 Å². The van der Waals surface area contributed by atoms with Crippen molar-refractivity contribution in [2.75, 3.05) is 5.32 Å². The molecule has 0 spiro atoms. The molecule has 1 N–H and O–H groups in total. The molecule has 1 heterocycles. The minimum Gasteiger partial charge on any atom is -0.462 e. The van der Waals surface area contributed by atoms with E-state index >= 15 is 0 Å². The number of carbonyl (C=O) groups excluding carboxylic acids is 2. The van der Waals surface area contributed by atoms with Crippen LogP contribution in [0, 0.1) is 23.7 Å². The third-order valence-corrected chi connectivity index (χ3v) is 6.86. The van der Waals surface area contributed by atoms with Crippen LogP contribution in [0.25, 0.3) is 10.8 Å². The van der Waals surface area contributed by atoms with Crippen LogP contribution in [0.2, 0.25) is 0 Å². The van der Waals surface area contributed by atoms with Gasteiger partial charge in [0.1, 0.15) is 17.6 Å². The highest BCUT2D eigenvalue weighted by molar-refractivity contribution is 5.97. The standard InChI is InChI=1S/C25H21NO4/c27-24(22-16-12-20-21(13-16)30-25(28)23(20)22)26-17-6-9-18(10-7-17)29-19-8-5-14-3-1-2-4-15(14)11-19/h1-11,16,20-23H,12-13H2,(H,26,27)/t16-,20-,21-,22+,23+/m1/s1. The summed E-state index contributed by atoms with van der Waals surface area (Å²) < 4.78 is 11.4. The van der Waals surface area contributed by atoms with E-state index in [0.717, 1.165) is 24.0 Å². The molecule has 1 aliphatic heterocycles. The minimum absolute atomic E-state index is 0.0445. The van der Waals surface area contributed by atoms with Crippen molar-refractivity contribution >= 4 is 28.3 Å². The molecule has 30 heavy (non-hydrogen) atoms. The summed E-state index contributed by atoms with van der Waals surface area (Å²) >= 11 is 0. The molecular weight excluding hydrogens is 378 g/mol. The second kappa shape index (κ2) is 6.59. The van der Waals surface area contributed by atoms with Crippen LogP contribution in [0.4, 0.5) is 5.69 Å². The van der Waals surface area contributed by atoms with Crippen LogP contribution in [0.1, 0.15) is 12.8 Å². The molecule has 150 valence electrons. The van der Waals surface area contributed by atoms with Crippen molar-refractivity contribution in [2.45, 2.75) is 18.9 Å². The molecule has 3 fully saturated rings. The van der Waals surface area contributed by atoms with Gasteiger partial charge in [0.25, 0.3) is 0 Å². The number of benzene rings is 3. The molecule has 5 atom stereocenters. The number of fused-ring (bicyclic) bond motifs is 2. The molecule has 0 unspecified atom stereocenters. The van der Waals surface area contributed by atoms with E-state index in [4.69, 9.17) is 9.47 Å². The van der Waals surface area contributed by atoms with E-state index in [9.17, 15) is 9.59 Å². The quantitative estimate of drug-likeness (QED) is 0.642. The summed E-state index contributed by atoms with van der Waals surface area (Å²) in [6.07, 6.45) is 1.80. The molecule has 1 saturated heterocycles. The molecule has 0 aromatic heterocycles. The van der Waals surface area contributed by atoms with Gasteiger partial charge in [-0.05, 0) is 65.9 Å². The Morgan fingerprint density at radius 3 is 2.53 bits per heavy atom. The maximum atomic E-state index is 12.9. The van der Waals surface area contributed by atoms with Crippen molar-refractivity contribution < 1.29 is 19.1 Å². The van der Waals surface area contributed by atoms with Gasteiger partial charge in [-0.1, -0.05) is 30.3 Å². The molecule has 1 amide bonds. The van der Waals surface area contributed by atoms with Crippen molar-refractivity contribution in [1.29, 1.82) is 0 Å². The van der Waals surface area contributed by atoms with Gasteiger partial charge in [-0.3, -0.25) is 9.59 Å². The van der Waals surface area contributed by atoms with E-state index in [2.05, 4.69) is 17.4 Å². The van der Waals surface area contributed by atoms with E-state index < -0.39 is 0 Å². The molecule has 3 aliphatic rings. The SMILES string of the molecule is O=C(Nc1ccc(Oc2ccc3ccccc3c2)cc1)[C@H]1[C@@H]2C[C@H]3[C@@H]1C(=O)O[C@@H]3C2. The first-order valence-electron chi connectivity index (χ1n) is 10.4. The lowest BCUT2D eigenvalue weighted by atomic mass is 9.79. The Kier molecular flexibility index (Phi) is 3.85. The van der Waals surface area contributed by atoms with E-state index in [1.807, 2.05) is 54.6 Å². The van der Waals surface area contributed by atoms with Gasteiger partial charge in [0, 0.05) is 11.6 Å². The molecule has 6 rings (SSSR count). The number of ether oxygens (including phenoxy) is 2. The maximum Gasteiger partial charge on any atom is 0.310 e. The largest absolute Gasteiger partial charge is 0.462 e. The van der Waals surface area contributed by atoms with Gasteiger partial charge >= 0.3 is 5.97 Å². The topological polar surface area (TPSA) is 64.6 Å². The maximum absolute atomic E-state index is 12.9. The van der Waals surface area contributed by atoms with Gasteiger partial charge in [0.15, 0.2) is 0 Å². The first kappa shape index (κ1) is 17.5. The molecule has 0 radical (unpaired) electrons. The molecule has 5 nitrogen and oxygen atoms in total. The van der Waals surface area contributed by atoms with Crippen LogP contribution in [0.15, 0.2) is 66.7 Å². The smallest absolute Gasteiger partial charge is 0.310 e. The van der Waals surface area contributed by atoms with Crippen molar-refractivity contribution in [2.24, 2.45) is 23.7 Å². The number of hydrogen-bond donors (Lipinski definition) is 1. The van der Waals surface area contributed by atoms with Gasteiger partial charge < -0.3 is 14.8 Å². The predicted molar refractivity (Wildman–Crippen MR) is 112 cm³/mol. The second-order valence-corrected chi connectivity index (χ2v) is 8.55. The zero-order valence-electron chi connectivity index (χ0n) is 16.3. The summed E-state index contributed by atoms with van der Waals surface area (Å²) in [4.78, 5) is 25.0. The fraction of sp³-hybridized carbons (Fsp3) is 0.280. The van der Waals surface area contributed by atoms with Crippen LogP contribution in [0.3, 0.4) is 0 Å². The Labute approximate surface area is 174 Å². The van der Waals surface area contributed by atoms with Crippen molar-refractivity contribution in [3.63, 3.8) is 0 Å². The summed E-state index contributed by atoms with van der Waals surface area (Å²) in [6, 6.07) is 21.5. The average Bonchev–Trinajstić information content (AvgIpc) is 3.38. The van der Waals surface area contributed by atoms with Crippen molar-refractivity contribution in [3.05, 3.63) is 66.7 Å². The highest BCUT2D eigenvalue weighted by atomic mass is 16.6. The van der Waals surface area contributed by atoms with Crippen LogP contribution < -0.4 is 10.1 Å². The highest BCUT2D eigenvalue weighted by Gasteiger charge is 2.63. The number of rotatable bonds is 4. The van der Waals surface area contributed by atoms with Gasteiger partial charge in [0.2, 0.25) is 5.91 Å². The van der Waals surface area contributed by atoms with E-state index in [-0.39, 0.29) is 41.7 Å². The van der Waals surface area contributed by atoms with Crippen LogP contribution in [0.5, 0.6) is 11.5 Å². The summed E-state index contributed by atoms with van der Waals surface area (Å²) in [5.41, 5.74) is 0.705. The number of carbonyl (C=O) groups is 2. The highest BCUT2D eigenvalue weighted by Crippen LogP contribution is 2.57. The summed E-state index contributed by atoms with van der Waals surface area (Å²) in [5, 5.41) is 5.28. The molecule has 5 heteroatoms. The lowest BCUT2D eigenvalue weighted by molar-refractivity contribution is -0.145. The average molecular weight is 399 g/mol. The van der Waals surface area contributed by atoms with Gasteiger partial charge in [-0.2, -0.15) is 0 Å². The van der Waals surface area contributed by atoms with E-state index in [1.165, 1.54) is 5.39 Å². The molecule has 2 bridgehead atoms. The minimum atomic E-state index is -0.269.